The highest BCUT2D eigenvalue weighted by Crippen LogP contribution is 2.39. The van der Waals surface area contributed by atoms with E-state index in [4.69, 9.17) is 9.47 Å². The van der Waals surface area contributed by atoms with E-state index in [1.54, 1.807) is 18.4 Å². The molecule has 0 unspecified atom stereocenters. The number of aryl methyl sites for hydroxylation is 1. The standard InChI is InChI=1S/C22H19BrN4O4S/c1-12-4-6-13(7-5-12)25-19(28)11-31-18-9-16(23)14(8-17(18)30-2)20-15(10-24)21(29)27-22(26-20)32-3/h4-9H,11H2,1-3H3,(H,25,28)(H,26,27,29). The number of halogens is 1. The maximum Gasteiger partial charge on any atom is 0.270 e. The number of hydrogen-bond acceptors (Lipinski definition) is 7. The largest absolute Gasteiger partial charge is 0.493 e. The van der Waals surface area contributed by atoms with E-state index in [9.17, 15) is 14.9 Å². The number of methoxy groups -OCH3 is 1. The zero-order valence-electron chi connectivity index (χ0n) is 17.5. The molecular formula is C22H19BrN4O4S. The molecule has 0 fully saturated rings. The van der Waals surface area contributed by atoms with Gasteiger partial charge in [0.15, 0.2) is 23.3 Å². The van der Waals surface area contributed by atoms with Crippen molar-refractivity contribution < 1.29 is 14.3 Å². The van der Waals surface area contributed by atoms with Gasteiger partial charge in [0, 0.05) is 15.7 Å². The number of anilines is 1. The number of amides is 1. The molecular weight excluding hydrogens is 496 g/mol. The second kappa shape index (κ2) is 10.3. The van der Waals surface area contributed by atoms with E-state index in [1.807, 2.05) is 37.3 Å². The van der Waals surface area contributed by atoms with E-state index in [-0.39, 0.29) is 23.8 Å². The molecule has 2 aromatic carbocycles. The minimum atomic E-state index is -0.527. The molecule has 1 heterocycles. The third-order valence-electron chi connectivity index (χ3n) is 4.41. The number of ether oxygens (including phenoxy) is 2. The van der Waals surface area contributed by atoms with Crippen LogP contribution in [0, 0.1) is 18.3 Å². The van der Waals surface area contributed by atoms with Crippen molar-refractivity contribution in [3.05, 3.63) is 62.4 Å². The van der Waals surface area contributed by atoms with Gasteiger partial charge in [-0.3, -0.25) is 9.59 Å². The van der Waals surface area contributed by atoms with Crippen molar-refractivity contribution in [3.63, 3.8) is 0 Å². The number of rotatable bonds is 7. The van der Waals surface area contributed by atoms with Gasteiger partial charge < -0.3 is 19.8 Å². The van der Waals surface area contributed by atoms with E-state index >= 15 is 0 Å². The number of carbonyl (C=O) groups excluding carboxylic acids is 1. The average Bonchev–Trinajstić information content (AvgIpc) is 2.78. The Balaban J connectivity index is 1.87. The monoisotopic (exact) mass is 514 g/mol. The maximum absolute atomic E-state index is 12.3. The Labute approximate surface area is 197 Å². The third-order valence-corrected chi connectivity index (χ3v) is 5.64. The molecule has 0 saturated heterocycles. The summed E-state index contributed by atoms with van der Waals surface area (Å²) in [5, 5.41) is 12.6. The number of nitrogens with zero attached hydrogens (tertiary/aromatic N) is 2. The minimum absolute atomic E-state index is 0.114. The van der Waals surface area contributed by atoms with Crippen LogP contribution < -0.4 is 20.3 Å². The predicted molar refractivity (Wildman–Crippen MR) is 126 cm³/mol. The van der Waals surface area contributed by atoms with Crippen molar-refractivity contribution in [2.75, 3.05) is 25.3 Å². The maximum atomic E-state index is 12.3. The molecule has 0 atom stereocenters. The second-order valence-corrected chi connectivity index (χ2v) is 8.25. The van der Waals surface area contributed by atoms with Crippen LogP contribution in [-0.4, -0.2) is 35.8 Å². The van der Waals surface area contributed by atoms with Gasteiger partial charge in [0.05, 0.1) is 12.8 Å². The molecule has 3 rings (SSSR count). The molecule has 164 valence electrons. The van der Waals surface area contributed by atoms with E-state index in [1.165, 1.54) is 18.9 Å². The number of thioether (sulfide) groups is 1. The van der Waals surface area contributed by atoms with Crippen LogP contribution in [0.1, 0.15) is 11.1 Å². The van der Waals surface area contributed by atoms with Crippen molar-refractivity contribution in [2.24, 2.45) is 0 Å². The lowest BCUT2D eigenvalue weighted by Crippen LogP contribution is -2.20. The summed E-state index contributed by atoms with van der Waals surface area (Å²) in [6.07, 6.45) is 1.77. The molecule has 0 spiro atoms. The summed E-state index contributed by atoms with van der Waals surface area (Å²) in [5.41, 5.74) is 1.82. The van der Waals surface area contributed by atoms with Crippen molar-refractivity contribution >= 4 is 39.3 Å². The molecule has 8 nitrogen and oxygen atoms in total. The lowest BCUT2D eigenvalue weighted by molar-refractivity contribution is -0.118. The number of hydrogen-bond donors (Lipinski definition) is 2. The number of aromatic nitrogens is 2. The first kappa shape index (κ1) is 23.4. The number of H-pyrrole nitrogens is 1. The summed E-state index contributed by atoms with van der Waals surface area (Å²) in [5.74, 6) is 0.308. The Morgan fingerprint density at radius 1 is 1.28 bits per heavy atom. The van der Waals surface area contributed by atoms with Crippen LogP contribution in [0.2, 0.25) is 0 Å². The summed E-state index contributed by atoms with van der Waals surface area (Å²) in [6, 6.07) is 12.5. The molecule has 0 saturated carbocycles. The smallest absolute Gasteiger partial charge is 0.270 e. The van der Waals surface area contributed by atoms with E-state index in [0.717, 1.165) is 5.56 Å². The average molecular weight is 515 g/mol. The third kappa shape index (κ3) is 5.30. The van der Waals surface area contributed by atoms with Gasteiger partial charge >= 0.3 is 0 Å². The first-order valence-electron chi connectivity index (χ1n) is 9.32. The van der Waals surface area contributed by atoms with E-state index in [0.29, 0.717) is 32.4 Å². The number of nitriles is 1. The fourth-order valence-electron chi connectivity index (χ4n) is 2.81. The fourth-order valence-corrected chi connectivity index (χ4v) is 3.70. The van der Waals surface area contributed by atoms with Crippen molar-refractivity contribution in [1.29, 1.82) is 5.26 Å². The van der Waals surface area contributed by atoms with Gasteiger partial charge in [-0.1, -0.05) is 29.5 Å². The molecule has 1 aromatic heterocycles. The van der Waals surface area contributed by atoms with Crippen LogP contribution in [0.4, 0.5) is 5.69 Å². The Hall–Kier alpha value is -3.29. The first-order chi connectivity index (χ1) is 15.4. The quantitative estimate of drug-likeness (QED) is 0.359. The Kier molecular flexibility index (Phi) is 7.56. The molecule has 32 heavy (non-hydrogen) atoms. The van der Waals surface area contributed by atoms with Crippen LogP contribution in [0.5, 0.6) is 11.5 Å². The van der Waals surface area contributed by atoms with Gasteiger partial charge in [-0.15, -0.1) is 0 Å². The SMILES string of the molecule is COc1cc(-c2nc(SC)[nH]c(=O)c2C#N)c(Br)cc1OCC(=O)Nc1ccc(C)cc1. The van der Waals surface area contributed by atoms with Gasteiger partial charge in [0.1, 0.15) is 11.6 Å². The lowest BCUT2D eigenvalue weighted by atomic mass is 10.1. The summed E-state index contributed by atoms with van der Waals surface area (Å²) in [4.78, 5) is 31.5. The van der Waals surface area contributed by atoms with Crippen LogP contribution >= 0.6 is 27.7 Å². The summed E-state index contributed by atoms with van der Waals surface area (Å²) < 4.78 is 11.6. The predicted octanol–water partition coefficient (Wildman–Crippen LogP) is 4.13. The highest BCUT2D eigenvalue weighted by Gasteiger charge is 2.19. The van der Waals surface area contributed by atoms with Gasteiger partial charge in [0.2, 0.25) is 0 Å². The summed E-state index contributed by atoms with van der Waals surface area (Å²) >= 11 is 4.70. The second-order valence-electron chi connectivity index (χ2n) is 6.60. The Bertz CT molecular complexity index is 1250. The van der Waals surface area contributed by atoms with E-state index < -0.39 is 5.56 Å². The van der Waals surface area contributed by atoms with Gasteiger partial charge in [-0.05, 0) is 53.4 Å². The zero-order valence-corrected chi connectivity index (χ0v) is 19.9. The van der Waals surface area contributed by atoms with Crippen LogP contribution in [-0.2, 0) is 4.79 Å². The number of benzene rings is 2. The molecule has 10 heteroatoms. The zero-order chi connectivity index (χ0) is 23.3. The molecule has 0 aliphatic heterocycles. The highest BCUT2D eigenvalue weighted by molar-refractivity contribution is 9.10. The first-order valence-corrected chi connectivity index (χ1v) is 11.3. The highest BCUT2D eigenvalue weighted by atomic mass is 79.9. The number of carbonyl (C=O) groups is 1. The molecule has 0 bridgehead atoms. The van der Waals surface area contributed by atoms with Gasteiger partial charge in [0.25, 0.3) is 11.5 Å². The molecule has 2 N–H and O–H groups in total. The lowest BCUT2D eigenvalue weighted by Gasteiger charge is -2.14. The van der Waals surface area contributed by atoms with Crippen molar-refractivity contribution in [2.45, 2.75) is 12.1 Å². The van der Waals surface area contributed by atoms with Crippen LogP contribution in [0.3, 0.4) is 0 Å². The molecule has 0 aliphatic rings. The number of nitrogens with one attached hydrogen (secondary N) is 2. The molecule has 3 aromatic rings. The molecule has 0 aliphatic carbocycles. The Morgan fingerprint density at radius 2 is 2.00 bits per heavy atom. The Morgan fingerprint density at radius 3 is 2.62 bits per heavy atom. The van der Waals surface area contributed by atoms with Gasteiger partial charge in [-0.25, -0.2) is 4.98 Å². The molecule has 1 amide bonds. The van der Waals surface area contributed by atoms with Crippen molar-refractivity contribution in [3.8, 4) is 28.8 Å². The summed E-state index contributed by atoms with van der Waals surface area (Å²) in [6.45, 7) is 1.73. The minimum Gasteiger partial charge on any atom is -0.493 e. The van der Waals surface area contributed by atoms with Crippen LogP contribution in [0.15, 0.2) is 50.8 Å². The molecule has 0 radical (unpaired) electrons. The van der Waals surface area contributed by atoms with Crippen molar-refractivity contribution in [1.82, 2.24) is 9.97 Å². The fraction of sp³-hybridized carbons (Fsp3) is 0.182. The summed E-state index contributed by atoms with van der Waals surface area (Å²) in [7, 11) is 1.45. The normalized spacial score (nSPS) is 10.3. The topological polar surface area (TPSA) is 117 Å². The van der Waals surface area contributed by atoms with Gasteiger partial charge in [-0.2, -0.15) is 5.26 Å². The van der Waals surface area contributed by atoms with Crippen LogP contribution in [0.25, 0.3) is 11.3 Å². The number of aromatic amines is 1. The van der Waals surface area contributed by atoms with E-state index in [2.05, 4.69) is 31.2 Å².